The Bertz CT molecular complexity index is 858. The van der Waals surface area contributed by atoms with Crippen LogP contribution in [0.25, 0.3) is 0 Å². The fourth-order valence-electron chi connectivity index (χ4n) is 3.86. The van der Waals surface area contributed by atoms with Crippen molar-refractivity contribution in [3.8, 4) is 11.5 Å². The Morgan fingerprint density at radius 2 is 1.90 bits per heavy atom. The standard InChI is InChI=1S/C26H35NO4/c1-26(2,3)31-25(28)27-16-8-10-21(18-27)19-30-24-13-6-5-11-22(24)15-14-20-9-7-12-23(17-20)29-4/h5-7,9,11-13,17,21H,8,10,14-16,18-19H2,1-4H3/t21-/m0/s1. The number of rotatable bonds is 7. The van der Waals surface area contributed by atoms with Crippen molar-refractivity contribution in [1.82, 2.24) is 4.90 Å². The van der Waals surface area contributed by atoms with Crippen LogP contribution in [0.5, 0.6) is 11.5 Å². The third kappa shape index (κ3) is 7.20. The van der Waals surface area contributed by atoms with E-state index in [2.05, 4.69) is 24.3 Å². The van der Waals surface area contributed by atoms with Gasteiger partial charge in [0.05, 0.1) is 13.7 Å². The lowest BCUT2D eigenvalue weighted by atomic mass is 9.99. The number of piperidine rings is 1. The Morgan fingerprint density at radius 1 is 1.10 bits per heavy atom. The molecule has 1 aliphatic rings. The number of methoxy groups -OCH3 is 1. The van der Waals surface area contributed by atoms with Crippen molar-refractivity contribution in [3.05, 3.63) is 59.7 Å². The molecule has 1 heterocycles. The van der Waals surface area contributed by atoms with Gasteiger partial charge in [0.1, 0.15) is 17.1 Å². The van der Waals surface area contributed by atoms with Gasteiger partial charge in [0.2, 0.25) is 0 Å². The molecule has 1 fully saturated rings. The van der Waals surface area contributed by atoms with Crippen LogP contribution in [-0.4, -0.2) is 43.4 Å². The summed E-state index contributed by atoms with van der Waals surface area (Å²) in [6.45, 7) is 7.74. The summed E-state index contributed by atoms with van der Waals surface area (Å²) in [6.07, 6.45) is 3.64. The minimum Gasteiger partial charge on any atom is -0.497 e. The predicted octanol–water partition coefficient (Wildman–Crippen LogP) is 5.51. The van der Waals surface area contributed by atoms with Crippen molar-refractivity contribution >= 4 is 6.09 Å². The second-order valence-electron chi connectivity index (χ2n) is 9.20. The van der Waals surface area contributed by atoms with Crippen molar-refractivity contribution in [1.29, 1.82) is 0 Å². The molecule has 0 radical (unpaired) electrons. The predicted molar refractivity (Wildman–Crippen MR) is 123 cm³/mol. The molecule has 1 atom stereocenters. The van der Waals surface area contributed by atoms with Gasteiger partial charge in [0, 0.05) is 19.0 Å². The number of hydrogen-bond acceptors (Lipinski definition) is 4. The van der Waals surface area contributed by atoms with E-state index in [-0.39, 0.29) is 6.09 Å². The van der Waals surface area contributed by atoms with Crippen molar-refractivity contribution in [3.63, 3.8) is 0 Å². The van der Waals surface area contributed by atoms with E-state index < -0.39 is 5.60 Å². The minimum absolute atomic E-state index is 0.226. The summed E-state index contributed by atoms with van der Waals surface area (Å²) in [5.74, 6) is 2.13. The topological polar surface area (TPSA) is 48.0 Å². The number of para-hydroxylation sites is 1. The molecule has 0 spiro atoms. The normalized spacial score (nSPS) is 16.6. The summed E-state index contributed by atoms with van der Waals surface area (Å²) in [5.41, 5.74) is 1.97. The van der Waals surface area contributed by atoms with Crippen LogP contribution in [0.2, 0.25) is 0 Å². The number of hydrogen-bond donors (Lipinski definition) is 0. The fraction of sp³-hybridized carbons (Fsp3) is 0.500. The first-order valence-corrected chi connectivity index (χ1v) is 11.2. The van der Waals surface area contributed by atoms with Gasteiger partial charge in [-0.2, -0.15) is 0 Å². The fourth-order valence-corrected chi connectivity index (χ4v) is 3.86. The zero-order chi connectivity index (χ0) is 22.3. The lowest BCUT2D eigenvalue weighted by Gasteiger charge is -2.34. The van der Waals surface area contributed by atoms with Gasteiger partial charge in [0.15, 0.2) is 0 Å². The molecule has 0 aromatic heterocycles. The van der Waals surface area contributed by atoms with Crippen LogP contribution in [-0.2, 0) is 17.6 Å². The van der Waals surface area contributed by atoms with Crippen LogP contribution >= 0.6 is 0 Å². The van der Waals surface area contributed by atoms with Crippen molar-refractivity contribution in [2.75, 3.05) is 26.8 Å². The zero-order valence-electron chi connectivity index (χ0n) is 19.2. The first-order chi connectivity index (χ1) is 14.8. The molecule has 0 N–H and O–H groups in total. The van der Waals surface area contributed by atoms with Gasteiger partial charge in [-0.1, -0.05) is 30.3 Å². The van der Waals surface area contributed by atoms with Crippen LogP contribution in [0.4, 0.5) is 4.79 Å². The van der Waals surface area contributed by atoms with E-state index in [4.69, 9.17) is 14.2 Å². The number of ether oxygens (including phenoxy) is 3. The number of benzene rings is 2. The third-order valence-corrected chi connectivity index (χ3v) is 5.43. The molecule has 0 bridgehead atoms. The number of likely N-dealkylation sites (tertiary alicyclic amines) is 1. The highest BCUT2D eigenvalue weighted by Gasteiger charge is 2.28. The van der Waals surface area contributed by atoms with Gasteiger partial charge in [-0.15, -0.1) is 0 Å². The molecular formula is C26H35NO4. The largest absolute Gasteiger partial charge is 0.497 e. The average molecular weight is 426 g/mol. The second kappa shape index (κ2) is 10.6. The summed E-state index contributed by atoms with van der Waals surface area (Å²) in [6, 6.07) is 16.4. The Labute approximate surface area is 186 Å². The zero-order valence-corrected chi connectivity index (χ0v) is 19.2. The van der Waals surface area contributed by atoms with Gasteiger partial charge in [-0.05, 0) is 75.8 Å². The maximum Gasteiger partial charge on any atom is 0.410 e. The number of aryl methyl sites for hydroxylation is 2. The Balaban J connectivity index is 1.55. The summed E-state index contributed by atoms with van der Waals surface area (Å²) in [5, 5.41) is 0. The molecule has 1 amide bonds. The molecule has 2 aromatic rings. The van der Waals surface area contributed by atoms with Gasteiger partial charge < -0.3 is 19.1 Å². The molecule has 31 heavy (non-hydrogen) atoms. The Morgan fingerprint density at radius 3 is 2.68 bits per heavy atom. The molecular weight excluding hydrogens is 390 g/mol. The molecule has 168 valence electrons. The first kappa shape index (κ1) is 23.0. The number of carbonyl (C=O) groups is 1. The lowest BCUT2D eigenvalue weighted by molar-refractivity contribution is 0.0139. The highest BCUT2D eigenvalue weighted by atomic mass is 16.6. The molecule has 0 unspecified atom stereocenters. The van der Waals surface area contributed by atoms with Gasteiger partial charge in [0.25, 0.3) is 0 Å². The quantitative estimate of drug-likeness (QED) is 0.587. The number of nitrogens with zero attached hydrogens (tertiary/aromatic N) is 1. The Hall–Kier alpha value is -2.69. The third-order valence-electron chi connectivity index (χ3n) is 5.43. The SMILES string of the molecule is COc1cccc(CCc2ccccc2OC[C@H]2CCCN(C(=O)OC(C)(C)C)C2)c1. The van der Waals surface area contributed by atoms with E-state index in [1.807, 2.05) is 49.9 Å². The van der Waals surface area contributed by atoms with Crippen LogP contribution in [0.3, 0.4) is 0 Å². The first-order valence-electron chi connectivity index (χ1n) is 11.2. The lowest BCUT2D eigenvalue weighted by Crippen LogP contribution is -2.44. The highest BCUT2D eigenvalue weighted by Crippen LogP contribution is 2.24. The van der Waals surface area contributed by atoms with E-state index >= 15 is 0 Å². The Kier molecular flexibility index (Phi) is 7.83. The average Bonchev–Trinajstić information content (AvgIpc) is 2.76. The van der Waals surface area contributed by atoms with Crippen molar-refractivity contribution in [2.24, 2.45) is 5.92 Å². The molecule has 0 aliphatic carbocycles. The maximum atomic E-state index is 12.4. The van der Waals surface area contributed by atoms with Crippen LogP contribution in [0, 0.1) is 5.92 Å². The van der Waals surface area contributed by atoms with Gasteiger partial charge in [-0.3, -0.25) is 0 Å². The van der Waals surface area contributed by atoms with Crippen LogP contribution in [0.1, 0.15) is 44.7 Å². The van der Waals surface area contributed by atoms with E-state index in [1.54, 1.807) is 7.11 Å². The van der Waals surface area contributed by atoms with E-state index in [1.165, 1.54) is 11.1 Å². The maximum absolute atomic E-state index is 12.4. The summed E-state index contributed by atoms with van der Waals surface area (Å²) >= 11 is 0. The molecule has 2 aromatic carbocycles. The highest BCUT2D eigenvalue weighted by molar-refractivity contribution is 5.68. The minimum atomic E-state index is -0.470. The number of carbonyl (C=O) groups excluding carboxylic acids is 1. The molecule has 1 aliphatic heterocycles. The smallest absolute Gasteiger partial charge is 0.410 e. The van der Waals surface area contributed by atoms with Crippen molar-refractivity contribution in [2.45, 2.75) is 52.1 Å². The molecule has 5 nitrogen and oxygen atoms in total. The van der Waals surface area contributed by atoms with Gasteiger partial charge in [-0.25, -0.2) is 4.79 Å². The summed E-state index contributed by atoms with van der Waals surface area (Å²) in [4.78, 5) is 14.2. The van der Waals surface area contributed by atoms with E-state index in [9.17, 15) is 4.79 Å². The van der Waals surface area contributed by atoms with Crippen molar-refractivity contribution < 1.29 is 19.0 Å². The van der Waals surface area contributed by atoms with E-state index in [0.717, 1.165) is 43.7 Å². The molecule has 5 heteroatoms. The second-order valence-corrected chi connectivity index (χ2v) is 9.20. The molecule has 1 saturated heterocycles. The summed E-state index contributed by atoms with van der Waals surface area (Å²) in [7, 11) is 1.69. The van der Waals surface area contributed by atoms with E-state index in [0.29, 0.717) is 19.1 Å². The summed E-state index contributed by atoms with van der Waals surface area (Å²) < 4.78 is 17.1. The van der Waals surface area contributed by atoms with Crippen LogP contribution in [0.15, 0.2) is 48.5 Å². The number of amides is 1. The molecule has 0 saturated carbocycles. The van der Waals surface area contributed by atoms with Crippen LogP contribution < -0.4 is 9.47 Å². The van der Waals surface area contributed by atoms with Gasteiger partial charge >= 0.3 is 6.09 Å². The monoisotopic (exact) mass is 425 g/mol. The molecule has 3 rings (SSSR count).